The molecule has 0 bridgehead atoms. The Balaban J connectivity index is 1.78. The predicted molar refractivity (Wildman–Crippen MR) is 111 cm³/mol. The van der Waals surface area contributed by atoms with Gasteiger partial charge in [0.2, 0.25) is 11.8 Å². The van der Waals surface area contributed by atoms with E-state index < -0.39 is 0 Å². The highest BCUT2D eigenvalue weighted by Crippen LogP contribution is 2.33. The van der Waals surface area contributed by atoms with Gasteiger partial charge in [0, 0.05) is 31.3 Å². The highest BCUT2D eigenvalue weighted by molar-refractivity contribution is 6.01. The smallest absolute Gasteiger partial charge is 0.228 e. The maximum atomic E-state index is 13.1. The molecule has 5 nitrogen and oxygen atoms in total. The summed E-state index contributed by atoms with van der Waals surface area (Å²) in [4.78, 5) is 29.3. The fourth-order valence-electron chi connectivity index (χ4n) is 3.83. The fraction of sp³-hybridized carbons (Fsp3) is 0.391. The highest BCUT2D eigenvalue weighted by atomic mass is 16.5. The average molecular weight is 380 g/mol. The van der Waals surface area contributed by atoms with Gasteiger partial charge in [-0.25, -0.2) is 0 Å². The van der Waals surface area contributed by atoms with E-state index in [-0.39, 0.29) is 30.2 Å². The zero-order valence-corrected chi connectivity index (χ0v) is 17.2. The Morgan fingerprint density at radius 1 is 1.18 bits per heavy atom. The molecule has 0 saturated carbocycles. The van der Waals surface area contributed by atoms with Gasteiger partial charge >= 0.3 is 0 Å². The van der Waals surface area contributed by atoms with Crippen LogP contribution in [0, 0.1) is 19.8 Å². The lowest BCUT2D eigenvalue weighted by molar-refractivity contribution is -0.136. The standard InChI is InChI=1S/C23H28N2O3/c1-15-9-8-11-20(16(15)2)25-14-18(13-22(25)26)23(27)24(4)17(3)19-10-6-7-12-21(19)28-5/h6-12,17-18H,13-14H2,1-5H3/t17-,18-/m1/s1. The maximum Gasteiger partial charge on any atom is 0.228 e. The Labute approximate surface area is 166 Å². The molecule has 5 heteroatoms. The first-order valence-corrected chi connectivity index (χ1v) is 9.61. The molecule has 148 valence electrons. The van der Waals surface area contributed by atoms with E-state index in [0.29, 0.717) is 6.54 Å². The van der Waals surface area contributed by atoms with Crippen LogP contribution in [0.5, 0.6) is 5.75 Å². The largest absolute Gasteiger partial charge is 0.496 e. The number of hydrogen-bond acceptors (Lipinski definition) is 3. The molecule has 2 atom stereocenters. The van der Waals surface area contributed by atoms with Crippen LogP contribution in [0.4, 0.5) is 5.69 Å². The predicted octanol–water partition coefficient (Wildman–Crippen LogP) is 3.88. The van der Waals surface area contributed by atoms with Gasteiger partial charge in [0.15, 0.2) is 0 Å². The van der Waals surface area contributed by atoms with Crippen molar-refractivity contribution < 1.29 is 14.3 Å². The summed E-state index contributed by atoms with van der Waals surface area (Å²) in [6, 6.07) is 13.5. The quantitative estimate of drug-likeness (QED) is 0.791. The number of carbonyl (C=O) groups excluding carboxylic acids is 2. The molecule has 28 heavy (non-hydrogen) atoms. The minimum Gasteiger partial charge on any atom is -0.496 e. The van der Waals surface area contributed by atoms with E-state index >= 15 is 0 Å². The minimum atomic E-state index is -0.338. The van der Waals surface area contributed by atoms with Gasteiger partial charge in [-0.05, 0) is 44.0 Å². The molecular weight excluding hydrogens is 352 g/mol. The number of ether oxygens (including phenoxy) is 1. The summed E-state index contributed by atoms with van der Waals surface area (Å²) in [7, 11) is 3.43. The van der Waals surface area contributed by atoms with Crippen molar-refractivity contribution in [2.75, 3.05) is 25.6 Å². The molecule has 0 aliphatic carbocycles. The Hall–Kier alpha value is -2.82. The minimum absolute atomic E-state index is 0.00500. The van der Waals surface area contributed by atoms with Crippen LogP contribution >= 0.6 is 0 Å². The van der Waals surface area contributed by atoms with Crippen LogP contribution < -0.4 is 9.64 Å². The Morgan fingerprint density at radius 2 is 1.89 bits per heavy atom. The van der Waals surface area contributed by atoms with Gasteiger partial charge in [-0.15, -0.1) is 0 Å². The van der Waals surface area contributed by atoms with Crippen molar-refractivity contribution >= 4 is 17.5 Å². The normalized spacial score (nSPS) is 17.5. The van der Waals surface area contributed by atoms with Gasteiger partial charge in [-0.3, -0.25) is 9.59 Å². The first-order chi connectivity index (χ1) is 13.3. The van der Waals surface area contributed by atoms with E-state index in [1.165, 1.54) is 0 Å². The molecule has 2 amide bonds. The monoisotopic (exact) mass is 380 g/mol. The molecule has 1 saturated heterocycles. The molecule has 0 radical (unpaired) electrons. The number of nitrogens with zero attached hydrogens (tertiary/aromatic N) is 2. The summed E-state index contributed by atoms with van der Waals surface area (Å²) >= 11 is 0. The first-order valence-electron chi connectivity index (χ1n) is 9.61. The van der Waals surface area contributed by atoms with Crippen LogP contribution in [0.2, 0.25) is 0 Å². The summed E-state index contributed by atoms with van der Waals surface area (Å²) in [6.07, 6.45) is 0.245. The van der Waals surface area contributed by atoms with Crippen molar-refractivity contribution in [2.45, 2.75) is 33.2 Å². The summed E-state index contributed by atoms with van der Waals surface area (Å²) < 4.78 is 5.44. The second-order valence-electron chi connectivity index (χ2n) is 7.49. The number of rotatable bonds is 5. The van der Waals surface area contributed by atoms with Crippen LogP contribution in [-0.2, 0) is 9.59 Å². The zero-order chi connectivity index (χ0) is 20.4. The number of methoxy groups -OCH3 is 1. The van der Waals surface area contributed by atoms with Crippen molar-refractivity contribution in [3.05, 3.63) is 59.2 Å². The number of carbonyl (C=O) groups is 2. The molecule has 0 spiro atoms. The molecule has 2 aromatic carbocycles. The maximum absolute atomic E-state index is 13.1. The van der Waals surface area contributed by atoms with E-state index in [2.05, 4.69) is 0 Å². The number of para-hydroxylation sites is 1. The zero-order valence-electron chi connectivity index (χ0n) is 17.2. The average Bonchev–Trinajstić information content (AvgIpc) is 3.09. The number of hydrogen-bond donors (Lipinski definition) is 0. The van der Waals surface area contributed by atoms with Crippen LogP contribution in [-0.4, -0.2) is 37.4 Å². The molecule has 0 aromatic heterocycles. The summed E-state index contributed by atoms with van der Waals surface area (Å²) in [5.41, 5.74) is 4.08. The van der Waals surface area contributed by atoms with Crippen molar-refractivity contribution in [2.24, 2.45) is 5.92 Å². The molecule has 1 aliphatic rings. The number of anilines is 1. The van der Waals surface area contributed by atoms with Gasteiger partial charge in [-0.1, -0.05) is 30.3 Å². The lowest BCUT2D eigenvalue weighted by Crippen LogP contribution is -2.36. The van der Waals surface area contributed by atoms with Crippen molar-refractivity contribution in [1.29, 1.82) is 0 Å². The lowest BCUT2D eigenvalue weighted by Gasteiger charge is -2.29. The Kier molecular flexibility index (Phi) is 5.73. The van der Waals surface area contributed by atoms with Crippen LogP contribution in [0.1, 0.15) is 36.1 Å². The van der Waals surface area contributed by atoms with Crippen molar-refractivity contribution in [3.63, 3.8) is 0 Å². The molecule has 3 rings (SSSR count). The molecular formula is C23H28N2O3. The van der Waals surface area contributed by atoms with Crippen molar-refractivity contribution in [1.82, 2.24) is 4.90 Å². The lowest BCUT2D eigenvalue weighted by atomic mass is 10.0. The van der Waals surface area contributed by atoms with Crippen molar-refractivity contribution in [3.8, 4) is 5.75 Å². The molecule has 0 N–H and O–H groups in total. The van der Waals surface area contributed by atoms with Gasteiger partial charge in [0.1, 0.15) is 5.75 Å². The number of aryl methyl sites for hydroxylation is 1. The first kappa shape index (κ1) is 19.9. The molecule has 1 heterocycles. The number of benzene rings is 2. The summed E-state index contributed by atoms with van der Waals surface area (Å²) in [6.45, 7) is 6.45. The second kappa shape index (κ2) is 8.05. The Morgan fingerprint density at radius 3 is 2.61 bits per heavy atom. The summed E-state index contributed by atoms with van der Waals surface area (Å²) in [5.74, 6) is 0.411. The van der Waals surface area contributed by atoms with Gasteiger partial charge in [-0.2, -0.15) is 0 Å². The second-order valence-corrected chi connectivity index (χ2v) is 7.49. The van der Waals surface area contributed by atoms with Gasteiger partial charge in [0.05, 0.1) is 19.1 Å². The molecule has 1 fully saturated rings. The fourth-order valence-corrected chi connectivity index (χ4v) is 3.83. The van der Waals surface area contributed by atoms with Crippen LogP contribution in [0.15, 0.2) is 42.5 Å². The third-order valence-corrected chi connectivity index (χ3v) is 5.86. The SMILES string of the molecule is COc1ccccc1[C@@H](C)N(C)C(=O)[C@@H]1CC(=O)N(c2cccc(C)c2C)C1. The number of amides is 2. The highest BCUT2D eigenvalue weighted by Gasteiger charge is 2.38. The van der Waals surface area contributed by atoms with Crippen LogP contribution in [0.25, 0.3) is 0 Å². The Bertz CT molecular complexity index is 893. The molecule has 1 aliphatic heterocycles. The van der Waals surface area contributed by atoms with Gasteiger partial charge < -0.3 is 14.5 Å². The molecule has 0 unspecified atom stereocenters. The van der Waals surface area contributed by atoms with E-state index in [9.17, 15) is 9.59 Å². The van der Waals surface area contributed by atoms with Gasteiger partial charge in [0.25, 0.3) is 0 Å². The molecule has 2 aromatic rings. The topological polar surface area (TPSA) is 49.9 Å². The van der Waals surface area contributed by atoms with E-state index in [4.69, 9.17) is 4.74 Å². The summed E-state index contributed by atoms with van der Waals surface area (Å²) in [5, 5.41) is 0. The van der Waals surface area contributed by atoms with E-state index in [0.717, 1.165) is 28.1 Å². The third kappa shape index (κ3) is 3.61. The van der Waals surface area contributed by atoms with Crippen LogP contribution in [0.3, 0.4) is 0 Å². The third-order valence-electron chi connectivity index (χ3n) is 5.86. The van der Waals surface area contributed by atoms with E-state index in [1.54, 1.807) is 24.0 Å². The van der Waals surface area contributed by atoms with E-state index in [1.807, 2.05) is 63.2 Å².